The smallest absolute Gasteiger partial charge is 0.259 e. The van der Waals surface area contributed by atoms with Gasteiger partial charge < -0.3 is 14.3 Å². The van der Waals surface area contributed by atoms with Crippen LogP contribution in [0.2, 0.25) is 0 Å². The summed E-state index contributed by atoms with van der Waals surface area (Å²) in [5.41, 5.74) is 1.96. The van der Waals surface area contributed by atoms with Gasteiger partial charge in [-0.1, -0.05) is 35.5 Å². The van der Waals surface area contributed by atoms with Gasteiger partial charge in [0.25, 0.3) is 5.91 Å². The van der Waals surface area contributed by atoms with Crippen LogP contribution in [0.5, 0.6) is 0 Å². The quantitative estimate of drug-likeness (QED) is 0.861. The lowest BCUT2D eigenvalue weighted by Gasteiger charge is -2.32. The third-order valence-electron chi connectivity index (χ3n) is 4.70. The molecule has 0 unspecified atom stereocenters. The van der Waals surface area contributed by atoms with Gasteiger partial charge in [0, 0.05) is 38.7 Å². The first kappa shape index (κ1) is 17.2. The average molecular weight is 341 g/mol. The van der Waals surface area contributed by atoms with E-state index in [1.807, 2.05) is 30.3 Å². The number of aryl methyl sites for hydroxylation is 1. The van der Waals surface area contributed by atoms with E-state index in [-0.39, 0.29) is 17.7 Å². The van der Waals surface area contributed by atoms with E-state index in [0.717, 1.165) is 5.56 Å². The zero-order valence-corrected chi connectivity index (χ0v) is 14.9. The maximum atomic E-state index is 13.0. The number of carbonyl (C=O) groups excluding carboxylic acids is 2. The minimum absolute atomic E-state index is 0.00350. The van der Waals surface area contributed by atoms with Crippen molar-refractivity contribution in [2.24, 2.45) is 5.92 Å². The van der Waals surface area contributed by atoms with Crippen LogP contribution < -0.4 is 0 Å². The molecule has 0 saturated carbocycles. The molecule has 2 aromatic rings. The van der Waals surface area contributed by atoms with Gasteiger partial charge in [-0.05, 0) is 19.8 Å². The fourth-order valence-corrected chi connectivity index (χ4v) is 3.27. The Morgan fingerprint density at radius 2 is 1.80 bits per heavy atom. The number of hydrogen-bond acceptors (Lipinski definition) is 4. The van der Waals surface area contributed by atoms with Gasteiger partial charge in [-0.15, -0.1) is 0 Å². The highest BCUT2D eigenvalue weighted by Crippen LogP contribution is 2.28. The summed E-state index contributed by atoms with van der Waals surface area (Å²) in [6.07, 6.45) is 1.38. The van der Waals surface area contributed by atoms with Gasteiger partial charge in [0.15, 0.2) is 0 Å². The number of piperidine rings is 1. The van der Waals surface area contributed by atoms with Gasteiger partial charge in [0.1, 0.15) is 17.0 Å². The van der Waals surface area contributed by atoms with Crippen LogP contribution in [0.25, 0.3) is 11.3 Å². The normalized spacial score (nSPS) is 15.2. The summed E-state index contributed by atoms with van der Waals surface area (Å²) in [7, 11) is 3.54. The number of benzene rings is 1. The van der Waals surface area contributed by atoms with Crippen LogP contribution in [0.15, 0.2) is 34.9 Å². The molecule has 2 heterocycles. The molecular weight excluding hydrogens is 318 g/mol. The molecule has 6 heteroatoms. The van der Waals surface area contributed by atoms with Crippen molar-refractivity contribution in [3.63, 3.8) is 0 Å². The molecule has 0 bridgehead atoms. The van der Waals surface area contributed by atoms with Crippen LogP contribution in [0.3, 0.4) is 0 Å². The zero-order valence-electron chi connectivity index (χ0n) is 14.9. The first-order valence-corrected chi connectivity index (χ1v) is 8.51. The molecule has 0 N–H and O–H groups in total. The number of likely N-dealkylation sites (tertiary alicyclic amines) is 1. The fraction of sp³-hybridized carbons (Fsp3) is 0.421. The second-order valence-electron chi connectivity index (χ2n) is 6.63. The predicted octanol–water partition coefficient (Wildman–Crippen LogP) is 2.59. The largest absolute Gasteiger partial charge is 0.360 e. The molecular formula is C19H23N3O3. The van der Waals surface area contributed by atoms with Crippen molar-refractivity contribution in [3.05, 3.63) is 41.7 Å². The molecule has 2 amide bonds. The molecule has 1 aromatic heterocycles. The summed E-state index contributed by atoms with van der Waals surface area (Å²) >= 11 is 0. The third-order valence-corrected chi connectivity index (χ3v) is 4.70. The summed E-state index contributed by atoms with van der Waals surface area (Å²) in [6, 6.07) is 9.56. The van der Waals surface area contributed by atoms with Crippen molar-refractivity contribution < 1.29 is 14.1 Å². The average Bonchev–Trinajstić information content (AvgIpc) is 3.02. The number of nitrogens with zero attached hydrogens (tertiary/aromatic N) is 3. The molecule has 1 aromatic carbocycles. The van der Waals surface area contributed by atoms with E-state index >= 15 is 0 Å². The van der Waals surface area contributed by atoms with E-state index in [9.17, 15) is 9.59 Å². The van der Waals surface area contributed by atoms with Crippen LogP contribution in [0.4, 0.5) is 0 Å². The fourth-order valence-electron chi connectivity index (χ4n) is 3.27. The first-order valence-electron chi connectivity index (χ1n) is 8.51. The van der Waals surface area contributed by atoms with Crippen LogP contribution in [0, 0.1) is 12.8 Å². The van der Waals surface area contributed by atoms with E-state index in [4.69, 9.17) is 4.52 Å². The van der Waals surface area contributed by atoms with Crippen molar-refractivity contribution in [2.45, 2.75) is 19.8 Å². The minimum Gasteiger partial charge on any atom is -0.360 e. The van der Waals surface area contributed by atoms with Crippen molar-refractivity contribution in [1.29, 1.82) is 0 Å². The van der Waals surface area contributed by atoms with Crippen LogP contribution in [0.1, 0.15) is 29.0 Å². The molecule has 132 valence electrons. The standard InChI is InChI=1S/C19H23N3O3/c1-13-16(17(20-25-13)14-7-5-4-6-8-14)19(24)22-11-9-15(10-12-22)18(23)21(2)3/h4-8,15H,9-12H2,1-3H3. The third kappa shape index (κ3) is 3.43. The lowest BCUT2D eigenvalue weighted by Crippen LogP contribution is -2.42. The van der Waals surface area contributed by atoms with Gasteiger partial charge in [-0.2, -0.15) is 0 Å². The van der Waals surface area contributed by atoms with Gasteiger partial charge >= 0.3 is 0 Å². The Morgan fingerprint density at radius 3 is 2.40 bits per heavy atom. The molecule has 1 fully saturated rings. The van der Waals surface area contributed by atoms with E-state index < -0.39 is 0 Å². The summed E-state index contributed by atoms with van der Waals surface area (Å²) in [5, 5.41) is 4.08. The monoisotopic (exact) mass is 341 g/mol. The molecule has 0 spiro atoms. The van der Waals surface area contributed by atoms with E-state index in [1.54, 1.807) is 30.8 Å². The minimum atomic E-state index is -0.0756. The summed E-state index contributed by atoms with van der Waals surface area (Å²) in [6.45, 7) is 2.90. The van der Waals surface area contributed by atoms with Gasteiger partial charge in [0.2, 0.25) is 5.91 Å². The van der Waals surface area contributed by atoms with Crippen LogP contribution in [-0.2, 0) is 4.79 Å². The number of rotatable bonds is 3. The highest BCUT2D eigenvalue weighted by atomic mass is 16.5. The Labute approximate surface area is 147 Å². The highest BCUT2D eigenvalue weighted by molar-refractivity contribution is 6.00. The van der Waals surface area contributed by atoms with Crippen molar-refractivity contribution >= 4 is 11.8 Å². The summed E-state index contributed by atoms with van der Waals surface area (Å²) in [5.74, 6) is 0.582. The zero-order chi connectivity index (χ0) is 18.0. The van der Waals surface area contributed by atoms with Crippen molar-refractivity contribution in [1.82, 2.24) is 15.0 Å². The topological polar surface area (TPSA) is 66.7 Å². The molecule has 25 heavy (non-hydrogen) atoms. The van der Waals surface area contributed by atoms with E-state index in [0.29, 0.717) is 42.9 Å². The van der Waals surface area contributed by atoms with E-state index in [2.05, 4.69) is 5.16 Å². The number of hydrogen-bond donors (Lipinski definition) is 0. The Morgan fingerprint density at radius 1 is 1.16 bits per heavy atom. The summed E-state index contributed by atoms with van der Waals surface area (Å²) < 4.78 is 5.29. The van der Waals surface area contributed by atoms with Crippen molar-refractivity contribution in [3.8, 4) is 11.3 Å². The highest BCUT2D eigenvalue weighted by Gasteiger charge is 2.31. The SMILES string of the molecule is Cc1onc(-c2ccccc2)c1C(=O)N1CCC(C(=O)N(C)C)CC1. The second-order valence-corrected chi connectivity index (χ2v) is 6.63. The van der Waals surface area contributed by atoms with Gasteiger partial charge in [-0.3, -0.25) is 9.59 Å². The number of carbonyl (C=O) groups is 2. The molecule has 6 nitrogen and oxygen atoms in total. The lowest BCUT2D eigenvalue weighted by atomic mass is 9.94. The Bertz CT molecular complexity index is 759. The van der Waals surface area contributed by atoms with Gasteiger partial charge in [0.05, 0.1) is 0 Å². The predicted molar refractivity (Wildman–Crippen MR) is 94.0 cm³/mol. The van der Waals surface area contributed by atoms with Crippen molar-refractivity contribution in [2.75, 3.05) is 27.2 Å². The Balaban J connectivity index is 1.77. The van der Waals surface area contributed by atoms with Crippen LogP contribution in [-0.4, -0.2) is 54.0 Å². The summed E-state index contributed by atoms with van der Waals surface area (Å²) in [4.78, 5) is 28.5. The Kier molecular flexibility index (Phi) is 4.88. The molecule has 0 aliphatic carbocycles. The molecule has 1 aliphatic heterocycles. The lowest BCUT2D eigenvalue weighted by molar-refractivity contribution is -0.134. The molecule has 3 rings (SSSR count). The second kappa shape index (κ2) is 7.09. The maximum Gasteiger partial charge on any atom is 0.259 e. The Hall–Kier alpha value is -2.63. The molecule has 0 radical (unpaired) electrons. The van der Waals surface area contributed by atoms with E-state index in [1.165, 1.54) is 0 Å². The first-order chi connectivity index (χ1) is 12.0. The maximum absolute atomic E-state index is 13.0. The molecule has 1 saturated heterocycles. The number of amides is 2. The number of aromatic nitrogens is 1. The molecule has 0 atom stereocenters. The van der Waals surface area contributed by atoms with Crippen LogP contribution >= 0.6 is 0 Å². The molecule has 1 aliphatic rings. The van der Waals surface area contributed by atoms with Gasteiger partial charge in [-0.25, -0.2) is 0 Å².